The van der Waals surface area contributed by atoms with Crippen LogP contribution in [0.2, 0.25) is 0 Å². The van der Waals surface area contributed by atoms with Gasteiger partial charge >= 0.3 is 0 Å². The number of sulfonamides is 1. The molecule has 0 unspecified atom stereocenters. The Bertz CT molecular complexity index is 828. The molecule has 1 saturated carbocycles. The molecule has 4 nitrogen and oxygen atoms in total. The number of nitrogens with zero attached hydrogens (tertiary/aromatic N) is 1. The zero-order valence-electron chi connectivity index (χ0n) is 13.4. The summed E-state index contributed by atoms with van der Waals surface area (Å²) in [5, 5.41) is 0. The van der Waals surface area contributed by atoms with E-state index >= 15 is 0 Å². The third-order valence-electron chi connectivity index (χ3n) is 4.31. The van der Waals surface area contributed by atoms with Crippen molar-refractivity contribution in [3.05, 3.63) is 53.2 Å². The lowest BCUT2D eigenvalue weighted by Crippen LogP contribution is -2.27. The summed E-state index contributed by atoms with van der Waals surface area (Å²) in [6, 6.07) is 7.76. The molecule has 2 aromatic rings. The molecule has 3 rings (SSSR count). The molecule has 0 radical (unpaired) electrons. The first-order chi connectivity index (χ1) is 10.8. The molecule has 0 saturated heterocycles. The van der Waals surface area contributed by atoms with Gasteiger partial charge in [-0.05, 0) is 49.1 Å². The predicted molar refractivity (Wildman–Crippen MR) is 85.0 cm³/mol. The molecule has 0 aliphatic heterocycles. The molecule has 2 atom stereocenters. The van der Waals surface area contributed by atoms with Gasteiger partial charge in [-0.3, -0.25) is 0 Å². The second-order valence-electron chi connectivity index (χ2n) is 6.32. The minimum absolute atomic E-state index is 0.0802. The van der Waals surface area contributed by atoms with Gasteiger partial charge in [0.25, 0.3) is 0 Å². The van der Waals surface area contributed by atoms with Crippen LogP contribution in [0.15, 0.2) is 39.6 Å². The summed E-state index contributed by atoms with van der Waals surface area (Å²) in [5.74, 6) is 1.80. The van der Waals surface area contributed by atoms with E-state index in [0.717, 1.165) is 16.5 Å². The van der Waals surface area contributed by atoms with Crippen LogP contribution in [0.3, 0.4) is 0 Å². The van der Waals surface area contributed by atoms with Crippen LogP contribution in [-0.2, 0) is 16.6 Å². The molecule has 1 aromatic heterocycles. The molecule has 0 bridgehead atoms. The third kappa shape index (κ3) is 3.19. The number of furan rings is 1. The minimum atomic E-state index is -3.90. The van der Waals surface area contributed by atoms with E-state index in [1.165, 1.54) is 19.2 Å². The summed E-state index contributed by atoms with van der Waals surface area (Å²) in [4.78, 5) is -0.303. The summed E-state index contributed by atoms with van der Waals surface area (Å²) in [6.07, 6.45) is 1.11. The molecular formula is C17H20FNO3S. The number of aryl methyl sites for hydroxylation is 1. The highest BCUT2D eigenvalue weighted by Gasteiger charge is 2.36. The van der Waals surface area contributed by atoms with Crippen LogP contribution >= 0.6 is 0 Å². The maximum Gasteiger partial charge on any atom is 0.246 e. The second-order valence-corrected chi connectivity index (χ2v) is 8.33. The van der Waals surface area contributed by atoms with Crippen molar-refractivity contribution in [3.63, 3.8) is 0 Å². The van der Waals surface area contributed by atoms with Gasteiger partial charge in [0.1, 0.15) is 22.2 Å². The molecule has 1 aliphatic rings. The monoisotopic (exact) mass is 337 g/mol. The van der Waals surface area contributed by atoms with Gasteiger partial charge in [0.2, 0.25) is 10.0 Å². The zero-order valence-corrected chi connectivity index (χ0v) is 14.2. The van der Waals surface area contributed by atoms with Crippen LogP contribution in [-0.4, -0.2) is 19.8 Å². The highest BCUT2D eigenvalue weighted by molar-refractivity contribution is 7.89. The molecule has 23 heavy (non-hydrogen) atoms. The van der Waals surface area contributed by atoms with Crippen LogP contribution < -0.4 is 0 Å². The van der Waals surface area contributed by atoms with E-state index in [4.69, 9.17) is 4.42 Å². The first-order valence-electron chi connectivity index (χ1n) is 7.60. The van der Waals surface area contributed by atoms with Crippen molar-refractivity contribution in [2.45, 2.75) is 37.6 Å². The normalized spacial score (nSPS) is 20.9. The molecular weight excluding hydrogens is 317 g/mol. The van der Waals surface area contributed by atoms with E-state index < -0.39 is 15.8 Å². The summed E-state index contributed by atoms with van der Waals surface area (Å²) >= 11 is 0. The molecule has 0 amide bonds. The quantitative estimate of drug-likeness (QED) is 0.836. The van der Waals surface area contributed by atoms with E-state index in [1.54, 1.807) is 19.1 Å². The Morgan fingerprint density at radius 2 is 2.00 bits per heavy atom. The Morgan fingerprint density at radius 1 is 1.30 bits per heavy atom. The Balaban J connectivity index is 1.80. The average molecular weight is 337 g/mol. The summed E-state index contributed by atoms with van der Waals surface area (Å²) in [7, 11) is -2.47. The maximum atomic E-state index is 13.9. The highest BCUT2D eigenvalue weighted by atomic mass is 32.2. The van der Waals surface area contributed by atoms with Crippen molar-refractivity contribution < 1.29 is 17.2 Å². The van der Waals surface area contributed by atoms with E-state index in [9.17, 15) is 12.8 Å². The molecule has 124 valence electrons. The van der Waals surface area contributed by atoms with Gasteiger partial charge in [0, 0.05) is 13.0 Å². The van der Waals surface area contributed by atoms with Crippen molar-refractivity contribution in [2.75, 3.05) is 7.05 Å². The van der Waals surface area contributed by atoms with Crippen molar-refractivity contribution >= 4 is 10.0 Å². The number of rotatable bonds is 5. The smallest absolute Gasteiger partial charge is 0.246 e. The Labute approximate surface area is 136 Å². The molecule has 1 heterocycles. The number of hydrogen-bond acceptors (Lipinski definition) is 3. The van der Waals surface area contributed by atoms with Crippen LogP contribution in [0.25, 0.3) is 0 Å². The van der Waals surface area contributed by atoms with Crippen LogP contribution in [0.5, 0.6) is 0 Å². The van der Waals surface area contributed by atoms with Gasteiger partial charge < -0.3 is 4.42 Å². The van der Waals surface area contributed by atoms with Crippen LogP contribution in [0.4, 0.5) is 4.39 Å². The second kappa shape index (κ2) is 5.76. The van der Waals surface area contributed by atoms with Gasteiger partial charge in [-0.25, -0.2) is 12.8 Å². The third-order valence-corrected chi connectivity index (χ3v) is 6.13. The van der Waals surface area contributed by atoms with E-state index in [0.29, 0.717) is 23.2 Å². The molecule has 6 heteroatoms. The van der Waals surface area contributed by atoms with Crippen LogP contribution in [0.1, 0.15) is 36.3 Å². The molecule has 1 fully saturated rings. The highest BCUT2D eigenvalue weighted by Crippen LogP contribution is 2.47. The van der Waals surface area contributed by atoms with Crippen molar-refractivity contribution in [1.82, 2.24) is 4.31 Å². The summed E-state index contributed by atoms with van der Waals surface area (Å²) in [6.45, 7) is 3.97. The van der Waals surface area contributed by atoms with Gasteiger partial charge in [0.05, 0.1) is 6.54 Å². The lowest BCUT2D eigenvalue weighted by Gasteiger charge is -2.16. The first-order valence-corrected chi connectivity index (χ1v) is 9.04. The van der Waals surface area contributed by atoms with E-state index in [2.05, 4.69) is 6.92 Å². The lowest BCUT2D eigenvalue weighted by atomic mass is 10.2. The molecule has 0 N–H and O–H groups in total. The van der Waals surface area contributed by atoms with Gasteiger partial charge in [-0.1, -0.05) is 13.0 Å². The maximum absolute atomic E-state index is 13.9. The largest absolute Gasteiger partial charge is 0.464 e. The Morgan fingerprint density at radius 3 is 2.65 bits per heavy atom. The fraction of sp³-hybridized carbons (Fsp3) is 0.412. The van der Waals surface area contributed by atoms with E-state index in [1.807, 2.05) is 6.07 Å². The van der Waals surface area contributed by atoms with Crippen molar-refractivity contribution in [3.8, 4) is 0 Å². The average Bonchev–Trinajstić information content (AvgIpc) is 3.04. The minimum Gasteiger partial charge on any atom is -0.464 e. The molecule has 1 aromatic carbocycles. The van der Waals surface area contributed by atoms with Crippen molar-refractivity contribution in [1.29, 1.82) is 0 Å². The summed E-state index contributed by atoms with van der Waals surface area (Å²) in [5.41, 5.74) is 0.696. The fourth-order valence-corrected chi connectivity index (χ4v) is 3.96. The van der Waals surface area contributed by atoms with Gasteiger partial charge in [0.15, 0.2) is 0 Å². The van der Waals surface area contributed by atoms with E-state index in [-0.39, 0.29) is 11.4 Å². The number of hydrogen-bond donors (Lipinski definition) is 0. The Kier molecular flexibility index (Phi) is 4.06. The fourth-order valence-electron chi connectivity index (χ4n) is 2.68. The number of halogens is 1. The Hall–Kier alpha value is -1.66. The van der Waals surface area contributed by atoms with Crippen LogP contribution in [0, 0.1) is 18.7 Å². The summed E-state index contributed by atoms with van der Waals surface area (Å²) < 4.78 is 45.9. The van der Waals surface area contributed by atoms with Gasteiger partial charge in [-0.15, -0.1) is 0 Å². The van der Waals surface area contributed by atoms with Crippen molar-refractivity contribution in [2.24, 2.45) is 5.92 Å². The predicted octanol–water partition coefficient (Wildman–Crippen LogP) is 3.67. The zero-order chi connectivity index (χ0) is 16.8. The lowest BCUT2D eigenvalue weighted by molar-refractivity contribution is 0.388. The topological polar surface area (TPSA) is 50.5 Å². The molecule has 0 spiro atoms. The SMILES string of the molecule is Cc1ccc(F)c(S(=O)(=O)N(C)Cc2ccc([C@H]3C[C@H]3C)o2)c1. The number of benzene rings is 1. The first kappa shape index (κ1) is 16.2. The standard InChI is InChI=1S/C17H20FNO3S/c1-11-4-6-15(18)17(8-11)23(20,21)19(3)10-13-5-7-16(22-13)14-9-12(14)2/h4-8,12,14H,9-10H2,1-3H3/t12-,14+/m1/s1. The molecule has 1 aliphatic carbocycles. The van der Waals surface area contributed by atoms with Gasteiger partial charge in [-0.2, -0.15) is 4.31 Å².